The van der Waals surface area contributed by atoms with E-state index in [-0.39, 0.29) is 0 Å². The Labute approximate surface area is 115 Å². The molecule has 0 unspecified atom stereocenters. The second kappa shape index (κ2) is 5.35. The van der Waals surface area contributed by atoms with E-state index in [1.54, 1.807) is 0 Å². The molecule has 0 saturated carbocycles. The van der Waals surface area contributed by atoms with Crippen molar-refractivity contribution in [2.24, 2.45) is 0 Å². The zero-order valence-corrected chi connectivity index (χ0v) is 11.4. The molecule has 19 heavy (non-hydrogen) atoms. The summed E-state index contributed by atoms with van der Waals surface area (Å²) in [5.41, 5.74) is 5.51. The van der Waals surface area contributed by atoms with Crippen molar-refractivity contribution in [3.63, 3.8) is 0 Å². The van der Waals surface area contributed by atoms with Gasteiger partial charge in [0.15, 0.2) is 0 Å². The van der Waals surface area contributed by atoms with Crippen LogP contribution in [0.1, 0.15) is 18.1 Å². The van der Waals surface area contributed by atoms with Crippen LogP contribution in [0.4, 0.5) is 11.4 Å². The highest BCUT2D eigenvalue weighted by atomic mass is 15.1. The van der Waals surface area contributed by atoms with Gasteiger partial charge in [-0.3, -0.25) is 0 Å². The highest BCUT2D eigenvalue weighted by molar-refractivity contribution is 5.62. The molecule has 2 aromatic carbocycles. The maximum absolute atomic E-state index is 3.52. The van der Waals surface area contributed by atoms with Crippen LogP contribution in [0.2, 0.25) is 0 Å². The van der Waals surface area contributed by atoms with Gasteiger partial charge in [0.1, 0.15) is 0 Å². The molecule has 1 heterocycles. The molecule has 0 atom stereocenters. The van der Waals surface area contributed by atoms with Gasteiger partial charge in [-0.25, -0.2) is 0 Å². The van der Waals surface area contributed by atoms with Crippen LogP contribution >= 0.6 is 0 Å². The molecule has 0 aliphatic carbocycles. The Bertz CT molecular complexity index is 548. The van der Waals surface area contributed by atoms with E-state index >= 15 is 0 Å². The fraction of sp³-hybridized carbons (Fsp3) is 0.294. The average Bonchev–Trinajstić information content (AvgIpc) is 2.95. The van der Waals surface area contributed by atoms with E-state index in [1.807, 2.05) is 0 Å². The number of hydrogen-bond acceptors (Lipinski definition) is 2. The number of para-hydroxylation sites is 2. The summed E-state index contributed by atoms with van der Waals surface area (Å²) in [6.45, 7) is 5.28. The number of anilines is 2. The van der Waals surface area contributed by atoms with Gasteiger partial charge in [0, 0.05) is 31.0 Å². The maximum atomic E-state index is 3.52. The zero-order chi connectivity index (χ0) is 13.1. The predicted octanol–water partition coefficient (Wildman–Crippen LogP) is 3.68. The standard InChI is InChI=1S/C17H20N2/c1-2-19(16-9-4-3-5-10-16)13-15-8-6-7-14-11-12-18-17(14)15/h3-10,18H,2,11-13H2,1H3. The van der Waals surface area contributed by atoms with E-state index in [0.717, 1.165) is 26.1 Å². The third-order valence-electron chi connectivity index (χ3n) is 3.80. The minimum Gasteiger partial charge on any atom is -0.384 e. The maximum Gasteiger partial charge on any atom is 0.0449 e. The van der Waals surface area contributed by atoms with Gasteiger partial charge >= 0.3 is 0 Å². The molecule has 3 rings (SSSR count). The van der Waals surface area contributed by atoms with Crippen LogP contribution in [-0.2, 0) is 13.0 Å². The van der Waals surface area contributed by atoms with Crippen LogP contribution in [0.15, 0.2) is 48.5 Å². The van der Waals surface area contributed by atoms with Crippen LogP contribution in [0.5, 0.6) is 0 Å². The summed E-state index contributed by atoms with van der Waals surface area (Å²) in [5.74, 6) is 0. The Hall–Kier alpha value is -1.96. The molecule has 2 nitrogen and oxygen atoms in total. The highest BCUT2D eigenvalue weighted by Gasteiger charge is 2.15. The first-order valence-corrected chi connectivity index (χ1v) is 7.03. The molecule has 0 radical (unpaired) electrons. The van der Waals surface area contributed by atoms with Crippen molar-refractivity contribution in [1.29, 1.82) is 0 Å². The monoisotopic (exact) mass is 252 g/mol. The lowest BCUT2D eigenvalue weighted by Gasteiger charge is -2.24. The van der Waals surface area contributed by atoms with Gasteiger partial charge in [-0.05, 0) is 36.6 Å². The lowest BCUT2D eigenvalue weighted by atomic mass is 10.1. The number of nitrogens with zero attached hydrogens (tertiary/aromatic N) is 1. The molecule has 1 aliphatic rings. The minimum atomic E-state index is 0.969. The van der Waals surface area contributed by atoms with Crippen LogP contribution in [-0.4, -0.2) is 13.1 Å². The van der Waals surface area contributed by atoms with Crippen molar-refractivity contribution < 1.29 is 0 Å². The second-order valence-corrected chi connectivity index (χ2v) is 4.98. The number of hydrogen-bond donors (Lipinski definition) is 1. The van der Waals surface area contributed by atoms with Gasteiger partial charge in [-0.15, -0.1) is 0 Å². The molecule has 1 aliphatic heterocycles. The molecule has 0 bridgehead atoms. The zero-order valence-electron chi connectivity index (χ0n) is 11.4. The van der Waals surface area contributed by atoms with Gasteiger partial charge < -0.3 is 10.2 Å². The van der Waals surface area contributed by atoms with Crippen LogP contribution in [0.3, 0.4) is 0 Å². The Kier molecular flexibility index (Phi) is 3.41. The van der Waals surface area contributed by atoms with Crippen molar-refractivity contribution >= 4 is 11.4 Å². The summed E-state index contributed by atoms with van der Waals surface area (Å²) in [6.07, 6.45) is 1.15. The van der Waals surface area contributed by atoms with E-state index in [2.05, 4.69) is 65.7 Å². The van der Waals surface area contributed by atoms with Crippen molar-refractivity contribution in [3.8, 4) is 0 Å². The van der Waals surface area contributed by atoms with Crippen molar-refractivity contribution in [3.05, 3.63) is 59.7 Å². The summed E-state index contributed by atoms with van der Waals surface area (Å²) < 4.78 is 0. The Morgan fingerprint density at radius 3 is 2.68 bits per heavy atom. The molecule has 2 aromatic rings. The fourth-order valence-corrected chi connectivity index (χ4v) is 2.77. The Morgan fingerprint density at radius 2 is 1.89 bits per heavy atom. The first-order valence-electron chi connectivity index (χ1n) is 7.03. The minimum absolute atomic E-state index is 0.969. The molecule has 1 N–H and O–H groups in total. The summed E-state index contributed by atoms with van der Waals surface area (Å²) >= 11 is 0. The van der Waals surface area contributed by atoms with E-state index in [9.17, 15) is 0 Å². The largest absolute Gasteiger partial charge is 0.384 e. The topological polar surface area (TPSA) is 15.3 Å². The lowest BCUT2D eigenvalue weighted by Crippen LogP contribution is -2.22. The first kappa shape index (κ1) is 12.1. The fourth-order valence-electron chi connectivity index (χ4n) is 2.77. The van der Waals surface area contributed by atoms with Gasteiger partial charge in [-0.2, -0.15) is 0 Å². The van der Waals surface area contributed by atoms with E-state index in [4.69, 9.17) is 0 Å². The van der Waals surface area contributed by atoms with Gasteiger partial charge in [0.2, 0.25) is 0 Å². The van der Waals surface area contributed by atoms with Crippen molar-refractivity contribution in [2.45, 2.75) is 19.9 Å². The third-order valence-corrected chi connectivity index (χ3v) is 3.80. The number of rotatable bonds is 4. The summed E-state index contributed by atoms with van der Waals surface area (Å²) in [5, 5.41) is 3.52. The van der Waals surface area contributed by atoms with Crippen LogP contribution in [0, 0.1) is 0 Å². The molecular weight excluding hydrogens is 232 g/mol. The molecule has 98 valence electrons. The predicted molar refractivity (Wildman–Crippen MR) is 81.8 cm³/mol. The average molecular weight is 252 g/mol. The van der Waals surface area contributed by atoms with E-state index in [0.29, 0.717) is 0 Å². The SMILES string of the molecule is CCN(Cc1cccc2c1NCC2)c1ccccc1. The van der Waals surface area contributed by atoms with E-state index < -0.39 is 0 Å². The summed E-state index contributed by atoms with van der Waals surface area (Å²) in [7, 11) is 0. The normalized spacial score (nSPS) is 12.9. The smallest absolute Gasteiger partial charge is 0.0449 e. The third kappa shape index (κ3) is 2.43. The summed E-state index contributed by atoms with van der Waals surface area (Å²) in [6, 6.07) is 17.3. The molecular formula is C17H20N2. The number of nitrogens with one attached hydrogen (secondary N) is 1. The van der Waals surface area contributed by atoms with Gasteiger partial charge in [0.25, 0.3) is 0 Å². The van der Waals surface area contributed by atoms with Crippen LogP contribution in [0.25, 0.3) is 0 Å². The molecule has 0 fully saturated rings. The molecule has 0 amide bonds. The van der Waals surface area contributed by atoms with Crippen molar-refractivity contribution in [2.75, 3.05) is 23.3 Å². The van der Waals surface area contributed by atoms with Gasteiger partial charge in [0.05, 0.1) is 0 Å². The molecule has 0 saturated heterocycles. The lowest BCUT2D eigenvalue weighted by molar-refractivity contribution is 0.833. The molecule has 0 aromatic heterocycles. The van der Waals surface area contributed by atoms with Crippen molar-refractivity contribution in [1.82, 2.24) is 0 Å². The number of fused-ring (bicyclic) bond motifs is 1. The quantitative estimate of drug-likeness (QED) is 0.893. The van der Waals surface area contributed by atoms with Gasteiger partial charge in [-0.1, -0.05) is 36.4 Å². The van der Waals surface area contributed by atoms with E-state index in [1.165, 1.54) is 22.5 Å². The first-order chi connectivity index (χ1) is 9.38. The van der Waals surface area contributed by atoms with Crippen LogP contribution < -0.4 is 10.2 Å². The number of benzene rings is 2. The Morgan fingerprint density at radius 1 is 1.05 bits per heavy atom. The molecule has 2 heteroatoms. The summed E-state index contributed by atoms with van der Waals surface area (Å²) in [4.78, 5) is 2.41. The second-order valence-electron chi connectivity index (χ2n) is 4.98. The Balaban J connectivity index is 1.86. The highest BCUT2D eigenvalue weighted by Crippen LogP contribution is 2.28. The molecule has 0 spiro atoms.